The summed E-state index contributed by atoms with van der Waals surface area (Å²) >= 11 is 0. The Hall–Kier alpha value is -1.55. The van der Waals surface area contributed by atoms with Crippen molar-refractivity contribution in [3.8, 4) is 5.75 Å². The summed E-state index contributed by atoms with van der Waals surface area (Å²) in [5.41, 5.74) is 2.24. The summed E-state index contributed by atoms with van der Waals surface area (Å²) < 4.78 is 5.39. The van der Waals surface area contributed by atoms with Gasteiger partial charge >= 0.3 is 0 Å². The molecule has 0 saturated heterocycles. The van der Waals surface area contributed by atoms with Crippen LogP contribution in [0.25, 0.3) is 0 Å². The second-order valence-corrected chi connectivity index (χ2v) is 5.59. The fourth-order valence-corrected chi connectivity index (χ4v) is 1.87. The molecule has 0 aromatic heterocycles. The second-order valence-electron chi connectivity index (χ2n) is 5.59. The van der Waals surface area contributed by atoms with E-state index in [1.165, 1.54) is 0 Å². The Bertz CT molecular complexity index is 436. The molecule has 0 saturated carbocycles. The summed E-state index contributed by atoms with van der Waals surface area (Å²) in [6.07, 6.45) is 0. The molecule has 0 aliphatic heterocycles. The van der Waals surface area contributed by atoms with Gasteiger partial charge < -0.3 is 15.4 Å². The zero-order valence-corrected chi connectivity index (χ0v) is 12.5. The molecule has 19 heavy (non-hydrogen) atoms. The van der Waals surface area contributed by atoms with Gasteiger partial charge in [-0.2, -0.15) is 0 Å². The van der Waals surface area contributed by atoms with Crippen molar-refractivity contribution in [2.45, 2.75) is 32.7 Å². The van der Waals surface area contributed by atoms with E-state index in [1.807, 2.05) is 12.1 Å². The van der Waals surface area contributed by atoms with Gasteiger partial charge in [0.2, 0.25) is 5.91 Å². The van der Waals surface area contributed by atoms with Gasteiger partial charge in [0.25, 0.3) is 0 Å². The third-order valence-corrected chi connectivity index (χ3v) is 2.90. The first-order valence-electron chi connectivity index (χ1n) is 6.47. The van der Waals surface area contributed by atoms with Gasteiger partial charge in [0, 0.05) is 6.54 Å². The van der Waals surface area contributed by atoms with Crippen molar-refractivity contribution >= 4 is 5.91 Å². The lowest BCUT2D eigenvalue weighted by atomic mass is 9.85. The lowest BCUT2D eigenvalue weighted by Crippen LogP contribution is -2.31. The summed E-state index contributed by atoms with van der Waals surface area (Å²) in [7, 11) is 3.43. The number of ether oxygens (including phenoxy) is 1. The van der Waals surface area contributed by atoms with Gasteiger partial charge in [0.15, 0.2) is 0 Å². The number of carbonyl (C=O) groups excluding carboxylic acids is 1. The Kier molecular flexibility index (Phi) is 5.36. The molecule has 4 nitrogen and oxygen atoms in total. The van der Waals surface area contributed by atoms with Crippen LogP contribution in [0, 0.1) is 0 Å². The average Bonchev–Trinajstić information content (AvgIpc) is 2.35. The maximum Gasteiger partial charge on any atom is 0.234 e. The van der Waals surface area contributed by atoms with Crippen LogP contribution in [-0.2, 0) is 16.8 Å². The van der Waals surface area contributed by atoms with Gasteiger partial charge in [-0.25, -0.2) is 0 Å². The highest BCUT2D eigenvalue weighted by molar-refractivity contribution is 5.77. The summed E-state index contributed by atoms with van der Waals surface area (Å²) in [6.45, 7) is 7.31. The Morgan fingerprint density at radius 3 is 2.53 bits per heavy atom. The lowest BCUT2D eigenvalue weighted by Gasteiger charge is -2.23. The normalized spacial score (nSPS) is 11.2. The van der Waals surface area contributed by atoms with Crippen molar-refractivity contribution in [1.82, 2.24) is 10.6 Å². The van der Waals surface area contributed by atoms with Gasteiger partial charge in [-0.3, -0.25) is 4.79 Å². The third-order valence-electron chi connectivity index (χ3n) is 2.90. The molecule has 1 rings (SSSR count). The molecule has 0 unspecified atom stereocenters. The van der Waals surface area contributed by atoms with E-state index in [0.717, 1.165) is 16.9 Å². The van der Waals surface area contributed by atoms with E-state index in [-0.39, 0.29) is 11.3 Å². The molecule has 0 bridgehead atoms. The van der Waals surface area contributed by atoms with E-state index in [0.29, 0.717) is 13.1 Å². The molecule has 0 aliphatic rings. The van der Waals surface area contributed by atoms with Gasteiger partial charge in [0.05, 0.1) is 13.7 Å². The smallest absolute Gasteiger partial charge is 0.234 e. The number of amides is 1. The molecular formula is C15H24N2O2. The molecule has 1 amide bonds. The third kappa shape index (κ3) is 4.56. The van der Waals surface area contributed by atoms with Crippen LogP contribution in [0.1, 0.15) is 31.9 Å². The summed E-state index contributed by atoms with van der Waals surface area (Å²) in [6, 6.07) is 6.03. The van der Waals surface area contributed by atoms with Crippen molar-refractivity contribution in [3.05, 3.63) is 29.3 Å². The minimum Gasteiger partial charge on any atom is -0.496 e. The van der Waals surface area contributed by atoms with E-state index in [9.17, 15) is 4.79 Å². The minimum atomic E-state index is -0.00405. The highest BCUT2D eigenvalue weighted by Crippen LogP contribution is 2.31. The number of rotatable bonds is 5. The Morgan fingerprint density at radius 1 is 1.32 bits per heavy atom. The summed E-state index contributed by atoms with van der Waals surface area (Å²) in [5, 5.41) is 5.70. The van der Waals surface area contributed by atoms with Crippen LogP contribution >= 0.6 is 0 Å². The van der Waals surface area contributed by atoms with E-state index < -0.39 is 0 Å². The molecule has 4 heteroatoms. The maximum atomic E-state index is 11.4. The Morgan fingerprint density at radius 2 is 2.00 bits per heavy atom. The minimum absolute atomic E-state index is 0.00405. The molecular weight excluding hydrogens is 240 g/mol. The summed E-state index contributed by atoms with van der Waals surface area (Å²) in [4.78, 5) is 11.4. The molecule has 0 radical (unpaired) electrons. The van der Waals surface area contributed by atoms with Crippen LogP contribution in [0.3, 0.4) is 0 Å². The van der Waals surface area contributed by atoms with Crippen molar-refractivity contribution in [2.24, 2.45) is 0 Å². The molecule has 0 spiro atoms. The fourth-order valence-electron chi connectivity index (χ4n) is 1.87. The van der Waals surface area contributed by atoms with Crippen LogP contribution in [0.15, 0.2) is 18.2 Å². The standard InChI is InChI=1S/C15H24N2O2/c1-15(2,3)12-8-11(6-7-13(12)19-5)9-17-14(18)10-16-4/h6-8,16H,9-10H2,1-5H3,(H,17,18). The predicted octanol–water partition coefficient (Wildman–Crippen LogP) is 1.83. The molecule has 0 aliphatic carbocycles. The second kappa shape index (κ2) is 6.57. The molecule has 1 aromatic rings. The van der Waals surface area contributed by atoms with Crippen LogP contribution < -0.4 is 15.4 Å². The first kappa shape index (κ1) is 15.5. The monoisotopic (exact) mass is 264 g/mol. The molecule has 2 N–H and O–H groups in total. The van der Waals surface area contributed by atoms with Crippen LogP contribution in [0.4, 0.5) is 0 Å². The molecule has 106 valence electrons. The number of methoxy groups -OCH3 is 1. The van der Waals surface area contributed by atoms with Gasteiger partial charge in [-0.05, 0) is 35.7 Å². The largest absolute Gasteiger partial charge is 0.496 e. The maximum absolute atomic E-state index is 11.4. The van der Waals surface area contributed by atoms with E-state index in [1.54, 1.807) is 14.2 Å². The highest BCUT2D eigenvalue weighted by Gasteiger charge is 2.19. The first-order chi connectivity index (χ1) is 8.88. The predicted molar refractivity (Wildman–Crippen MR) is 77.5 cm³/mol. The zero-order chi connectivity index (χ0) is 14.5. The Labute approximate surface area is 115 Å². The van der Waals surface area contributed by atoms with Crippen LogP contribution in [0.5, 0.6) is 5.75 Å². The Balaban J connectivity index is 2.84. The fraction of sp³-hybridized carbons (Fsp3) is 0.533. The molecule has 0 atom stereocenters. The van der Waals surface area contributed by atoms with Gasteiger partial charge in [0.1, 0.15) is 5.75 Å². The van der Waals surface area contributed by atoms with Crippen molar-refractivity contribution < 1.29 is 9.53 Å². The van der Waals surface area contributed by atoms with Crippen molar-refractivity contribution in [2.75, 3.05) is 20.7 Å². The van der Waals surface area contributed by atoms with Crippen LogP contribution in [0.2, 0.25) is 0 Å². The van der Waals surface area contributed by atoms with Crippen LogP contribution in [-0.4, -0.2) is 26.6 Å². The lowest BCUT2D eigenvalue weighted by molar-refractivity contribution is -0.120. The van der Waals surface area contributed by atoms with Gasteiger partial charge in [-0.15, -0.1) is 0 Å². The molecule has 1 aromatic carbocycles. The number of hydrogen-bond donors (Lipinski definition) is 2. The number of nitrogens with one attached hydrogen (secondary N) is 2. The number of likely N-dealkylation sites (N-methyl/N-ethyl adjacent to an activating group) is 1. The van der Waals surface area contributed by atoms with E-state index in [4.69, 9.17) is 4.74 Å². The average molecular weight is 264 g/mol. The quantitative estimate of drug-likeness (QED) is 0.853. The zero-order valence-electron chi connectivity index (χ0n) is 12.5. The number of hydrogen-bond acceptors (Lipinski definition) is 3. The van der Waals surface area contributed by atoms with Crippen molar-refractivity contribution in [1.29, 1.82) is 0 Å². The number of carbonyl (C=O) groups is 1. The summed E-state index contributed by atoms with van der Waals surface area (Å²) in [5.74, 6) is 0.883. The number of benzene rings is 1. The molecule has 0 fully saturated rings. The SMILES string of the molecule is CNCC(=O)NCc1ccc(OC)c(C(C)(C)C)c1. The highest BCUT2D eigenvalue weighted by atomic mass is 16.5. The molecule has 0 heterocycles. The van der Waals surface area contributed by atoms with Crippen molar-refractivity contribution in [3.63, 3.8) is 0 Å². The topological polar surface area (TPSA) is 50.4 Å². The van der Waals surface area contributed by atoms with E-state index >= 15 is 0 Å². The van der Waals surface area contributed by atoms with Gasteiger partial charge in [-0.1, -0.05) is 26.8 Å². The van der Waals surface area contributed by atoms with E-state index in [2.05, 4.69) is 37.5 Å². The first-order valence-corrected chi connectivity index (χ1v) is 6.47.